The summed E-state index contributed by atoms with van der Waals surface area (Å²) in [6.45, 7) is 1.49. The van der Waals surface area contributed by atoms with Crippen LogP contribution >= 0.6 is 0 Å². The van der Waals surface area contributed by atoms with Gasteiger partial charge in [-0.15, -0.1) is 0 Å². The summed E-state index contributed by atoms with van der Waals surface area (Å²) in [6, 6.07) is 17.6. The second-order valence-electron chi connectivity index (χ2n) is 6.15. The summed E-state index contributed by atoms with van der Waals surface area (Å²) in [6.07, 6.45) is 0. The van der Waals surface area contributed by atoms with E-state index in [0.29, 0.717) is 6.61 Å². The van der Waals surface area contributed by atoms with Gasteiger partial charge in [0.05, 0.1) is 5.52 Å². The van der Waals surface area contributed by atoms with Gasteiger partial charge < -0.3 is 14.2 Å². The van der Waals surface area contributed by atoms with Crippen molar-refractivity contribution in [1.29, 1.82) is 0 Å². The van der Waals surface area contributed by atoms with E-state index in [9.17, 15) is 4.79 Å². The third-order valence-electron chi connectivity index (χ3n) is 4.11. The van der Waals surface area contributed by atoms with Crippen molar-refractivity contribution >= 4 is 10.9 Å². The van der Waals surface area contributed by atoms with Crippen molar-refractivity contribution in [3.63, 3.8) is 0 Å². The van der Waals surface area contributed by atoms with Crippen molar-refractivity contribution in [2.45, 2.75) is 0 Å². The number of fused-ring (bicyclic) bond motifs is 1. The number of aryl methyl sites for hydroxylation is 1. The summed E-state index contributed by atoms with van der Waals surface area (Å²) in [7, 11) is 5.84. The van der Waals surface area contributed by atoms with Gasteiger partial charge in [-0.2, -0.15) is 0 Å². The van der Waals surface area contributed by atoms with Crippen LogP contribution in [0.3, 0.4) is 0 Å². The van der Waals surface area contributed by atoms with Crippen molar-refractivity contribution in [3.8, 4) is 16.9 Å². The van der Waals surface area contributed by atoms with E-state index in [1.165, 1.54) is 0 Å². The molecule has 0 bridgehead atoms. The normalized spacial score (nSPS) is 11.2. The largest absolute Gasteiger partial charge is 0.492 e. The van der Waals surface area contributed by atoms with Gasteiger partial charge in [0.25, 0.3) is 5.56 Å². The van der Waals surface area contributed by atoms with E-state index in [2.05, 4.69) is 4.90 Å². The van der Waals surface area contributed by atoms with Crippen molar-refractivity contribution in [2.75, 3.05) is 27.2 Å². The Morgan fingerprint density at radius 3 is 2.62 bits per heavy atom. The van der Waals surface area contributed by atoms with Gasteiger partial charge >= 0.3 is 0 Å². The lowest BCUT2D eigenvalue weighted by Crippen LogP contribution is -2.19. The Labute approximate surface area is 141 Å². The molecule has 0 aliphatic carbocycles. The lowest BCUT2D eigenvalue weighted by atomic mass is 10.0. The molecule has 0 atom stereocenters. The van der Waals surface area contributed by atoms with E-state index < -0.39 is 0 Å². The molecule has 0 spiro atoms. The second-order valence-corrected chi connectivity index (χ2v) is 6.15. The predicted molar refractivity (Wildman–Crippen MR) is 98.7 cm³/mol. The molecule has 24 heavy (non-hydrogen) atoms. The highest BCUT2D eigenvalue weighted by molar-refractivity contribution is 5.94. The minimum absolute atomic E-state index is 0.0115. The van der Waals surface area contributed by atoms with Gasteiger partial charge in [-0.25, -0.2) is 0 Å². The van der Waals surface area contributed by atoms with Crippen LogP contribution < -0.4 is 10.3 Å². The molecule has 0 aliphatic rings. The Balaban J connectivity index is 2.02. The second kappa shape index (κ2) is 6.89. The zero-order valence-electron chi connectivity index (χ0n) is 14.3. The highest BCUT2D eigenvalue weighted by atomic mass is 16.5. The van der Waals surface area contributed by atoms with Crippen molar-refractivity contribution < 1.29 is 4.74 Å². The molecule has 0 aliphatic heterocycles. The maximum atomic E-state index is 12.3. The summed E-state index contributed by atoms with van der Waals surface area (Å²) in [5, 5.41) is 1.06. The Hall–Kier alpha value is -2.59. The van der Waals surface area contributed by atoms with E-state index in [-0.39, 0.29) is 5.56 Å². The summed E-state index contributed by atoms with van der Waals surface area (Å²) in [4.78, 5) is 14.4. The molecule has 0 unspecified atom stereocenters. The molecule has 4 heteroatoms. The van der Waals surface area contributed by atoms with Crippen LogP contribution in [0.1, 0.15) is 0 Å². The molecule has 0 amide bonds. The van der Waals surface area contributed by atoms with Gasteiger partial charge in [-0.1, -0.05) is 30.3 Å². The number of aromatic nitrogens is 1. The maximum absolute atomic E-state index is 12.3. The first-order valence-corrected chi connectivity index (χ1v) is 8.03. The first kappa shape index (κ1) is 16.3. The smallest absolute Gasteiger partial charge is 0.251 e. The van der Waals surface area contributed by atoms with Crippen molar-refractivity contribution in [2.24, 2.45) is 7.05 Å². The van der Waals surface area contributed by atoms with Gasteiger partial charge in [0.2, 0.25) is 0 Å². The molecular formula is C20H22N2O2. The molecule has 0 saturated heterocycles. The number of benzene rings is 2. The molecule has 0 saturated carbocycles. The third-order valence-corrected chi connectivity index (χ3v) is 4.11. The van der Waals surface area contributed by atoms with Crippen LogP contribution in [-0.4, -0.2) is 36.7 Å². The zero-order valence-corrected chi connectivity index (χ0v) is 14.3. The molecular weight excluding hydrogens is 300 g/mol. The van der Waals surface area contributed by atoms with Crippen molar-refractivity contribution in [3.05, 3.63) is 65.0 Å². The molecule has 0 N–H and O–H groups in total. The summed E-state index contributed by atoms with van der Waals surface area (Å²) < 4.78 is 7.50. The summed E-state index contributed by atoms with van der Waals surface area (Å²) in [5.41, 5.74) is 2.85. The number of pyridine rings is 1. The Kier molecular flexibility index (Phi) is 4.67. The van der Waals surface area contributed by atoms with E-state index >= 15 is 0 Å². The van der Waals surface area contributed by atoms with Crippen LogP contribution in [0.25, 0.3) is 22.0 Å². The fourth-order valence-electron chi connectivity index (χ4n) is 2.75. The van der Waals surface area contributed by atoms with E-state index in [0.717, 1.165) is 34.3 Å². The van der Waals surface area contributed by atoms with Gasteiger partial charge in [-0.3, -0.25) is 4.79 Å². The first-order chi connectivity index (χ1) is 11.6. The van der Waals surface area contributed by atoms with Gasteiger partial charge in [0.15, 0.2) is 0 Å². The van der Waals surface area contributed by atoms with E-state index in [1.54, 1.807) is 17.7 Å². The lowest BCUT2D eigenvalue weighted by molar-refractivity contribution is 0.261. The highest BCUT2D eigenvalue weighted by Crippen LogP contribution is 2.29. The van der Waals surface area contributed by atoms with Gasteiger partial charge in [-0.05, 0) is 43.4 Å². The number of nitrogens with zero attached hydrogens (tertiary/aromatic N) is 2. The first-order valence-electron chi connectivity index (χ1n) is 8.03. The standard InChI is InChI=1S/C20H22N2O2/c1-21(2)11-12-24-16-8-6-7-15(13-16)18-14-20(23)22(3)19-10-5-4-9-17(18)19/h4-10,13-14H,11-12H2,1-3H3. The minimum atomic E-state index is -0.0115. The van der Waals surface area contributed by atoms with Crippen LogP contribution in [0.2, 0.25) is 0 Å². The van der Waals surface area contributed by atoms with Crippen LogP contribution in [0, 0.1) is 0 Å². The SMILES string of the molecule is CN(C)CCOc1cccc(-c2cc(=O)n(C)c3ccccc23)c1. The molecule has 2 aromatic carbocycles. The summed E-state index contributed by atoms with van der Waals surface area (Å²) >= 11 is 0. The fraction of sp³-hybridized carbons (Fsp3) is 0.250. The monoisotopic (exact) mass is 322 g/mol. The molecule has 4 nitrogen and oxygen atoms in total. The average Bonchev–Trinajstić information content (AvgIpc) is 2.58. The molecule has 124 valence electrons. The van der Waals surface area contributed by atoms with Crippen LogP contribution in [0.4, 0.5) is 0 Å². The van der Waals surface area contributed by atoms with Crippen LogP contribution in [-0.2, 0) is 7.05 Å². The fourth-order valence-corrected chi connectivity index (χ4v) is 2.75. The number of ether oxygens (including phenoxy) is 1. The Morgan fingerprint density at radius 2 is 1.83 bits per heavy atom. The quantitative estimate of drug-likeness (QED) is 0.724. The Morgan fingerprint density at radius 1 is 1.04 bits per heavy atom. The molecule has 3 aromatic rings. The molecule has 1 heterocycles. The van der Waals surface area contributed by atoms with E-state index in [1.807, 2.05) is 62.6 Å². The topological polar surface area (TPSA) is 34.5 Å². The number of hydrogen-bond donors (Lipinski definition) is 0. The number of likely N-dealkylation sites (N-methyl/N-ethyl adjacent to an activating group) is 1. The van der Waals surface area contributed by atoms with E-state index in [4.69, 9.17) is 4.74 Å². The summed E-state index contributed by atoms with van der Waals surface area (Å²) in [5.74, 6) is 0.819. The molecule has 3 rings (SSSR count). The lowest BCUT2D eigenvalue weighted by Gasteiger charge is -2.13. The van der Waals surface area contributed by atoms with Crippen molar-refractivity contribution in [1.82, 2.24) is 9.47 Å². The molecule has 1 aromatic heterocycles. The van der Waals surface area contributed by atoms with Gasteiger partial charge in [0.1, 0.15) is 12.4 Å². The maximum Gasteiger partial charge on any atom is 0.251 e. The number of para-hydroxylation sites is 1. The van der Waals surface area contributed by atoms with Gasteiger partial charge in [0, 0.05) is 25.0 Å². The zero-order chi connectivity index (χ0) is 17.1. The average molecular weight is 322 g/mol. The highest BCUT2D eigenvalue weighted by Gasteiger charge is 2.09. The molecule has 0 fully saturated rings. The van der Waals surface area contributed by atoms with Crippen LogP contribution in [0.15, 0.2) is 59.4 Å². The van der Waals surface area contributed by atoms with Crippen LogP contribution in [0.5, 0.6) is 5.75 Å². The third kappa shape index (κ3) is 3.34. The number of rotatable bonds is 5. The number of hydrogen-bond acceptors (Lipinski definition) is 3. The Bertz CT molecular complexity index is 913. The minimum Gasteiger partial charge on any atom is -0.492 e. The molecule has 0 radical (unpaired) electrons. The predicted octanol–water partition coefficient (Wildman–Crippen LogP) is 3.15.